The van der Waals surface area contributed by atoms with E-state index in [4.69, 9.17) is 5.73 Å². The lowest BCUT2D eigenvalue weighted by Gasteiger charge is -2.06. The van der Waals surface area contributed by atoms with Gasteiger partial charge in [0, 0.05) is 10.0 Å². The van der Waals surface area contributed by atoms with Gasteiger partial charge in [-0.1, -0.05) is 0 Å². The van der Waals surface area contributed by atoms with Crippen LogP contribution in [0.25, 0.3) is 0 Å². The lowest BCUT2D eigenvalue weighted by molar-refractivity contribution is 0.618. The predicted octanol–water partition coefficient (Wildman–Crippen LogP) is 2.79. The van der Waals surface area contributed by atoms with Gasteiger partial charge in [0.05, 0.1) is 5.69 Å². The first-order valence-electron chi connectivity index (χ1n) is 3.24. The second kappa shape index (κ2) is 2.81. The molecule has 1 aromatic carbocycles. The van der Waals surface area contributed by atoms with Gasteiger partial charge in [-0.15, -0.1) is 0 Å². The molecule has 1 aromatic rings. The van der Waals surface area contributed by atoms with Gasteiger partial charge in [0.2, 0.25) is 0 Å². The molecule has 0 atom stereocenters. The summed E-state index contributed by atoms with van der Waals surface area (Å²) in [6.07, 6.45) is 0. The maximum Gasteiger partial charge on any atom is 0.128 e. The topological polar surface area (TPSA) is 26.0 Å². The van der Waals surface area contributed by atoms with E-state index in [9.17, 15) is 4.39 Å². The summed E-state index contributed by atoms with van der Waals surface area (Å²) in [5.41, 5.74) is 7.41. The standard InChI is InChI=1S/C8H9BrFN/c1-4-3-6(10)5(2)8(11)7(4)9/h3H,11H2,1-2H3. The molecule has 0 radical (unpaired) electrons. The largest absolute Gasteiger partial charge is 0.398 e. The van der Waals surface area contributed by atoms with E-state index in [1.165, 1.54) is 6.07 Å². The van der Waals surface area contributed by atoms with E-state index in [1.54, 1.807) is 6.92 Å². The molecule has 0 saturated heterocycles. The minimum absolute atomic E-state index is 0.247. The fraction of sp³-hybridized carbons (Fsp3) is 0.250. The Kier molecular flexibility index (Phi) is 2.18. The number of halogens is 2. The van der Waals surface area contributed by atoms with Gasteiger partial charge < -0.3 is 5.73 Å². The summed E-state index contributed by atoms with van der Waals surface area (Å²) in [4.78, 5) is 0. The number of hydrogen-bond donors (Lipinski definition) is 1. The molecule has 60 valence electrons. The normalized spacial score (nSPS) is 10.2. The third-order valence-corrected chi connectivity index (χ3v) is 2.74. The van der Waals surface area contributed by atoms with Crippen LogP contribution in [-0.4, -0.2) is 0 Å². The summed E-state index contributed by atoms with van der Waals surface area (Å²) in [5, 5.41) is 0. The van der Waals surface area contributed by atoms with Gasteiger partial charge in [-0.25, -0.2) is 4.39 Å². The predicted molar refractivity (Wildman–Crippen MR) is 48.0 cm³/mol. The van der Waals surface area contributed by atoms with Crippen molar-refractivity contribution in [3.63, 3.8) is 0 Å². The molecule has 0 fully saturated rings. The molecular weight excluding hydrogens is 209 g/mol. The molecule has 0 unspecified atom stereocenters. The van der Waals surface area contributed by atoms with E-state index >= 15 is 0 Å². The minimum atomic E-state index is -0.247. The monoisotopic (exact) mass is 217 g/mol. The molecule has 0 aliphatic carbocycles. The van der Waals surface area contributed by atoms with Gasteiger partial charge in [0.1, 0.15) is 5.82 Å². The number of hydrogen-bond acceptors (Lipinski definition) is 1. The van der Waals surface area contributed by atoms with Crippen LogP contribution in [0.3, 0.4) is 0 Å². The molecule has 0 spiro atoms. The van der Waals surface area contributed by atoms with Gasteiger partial charge in [-0.2, -0.15) is 0 Å². The van der Waals surface area contributed by atoms with Crippen molar-refractivity contribution in [1.82, 2.24) is 0 Å². The number of aryl methyl sites for hydroxylation is 1. The third-order valence-electron chi connectivity index (χ3n) is 1.69. The van der Waals surface area contributed by atoms with E-state index in [0.717, 1.165) is 10.0 Å². The molecule has 11 heavy (non-hydrogen) atoms. The first-order valence-corrected chi connectivity index (χ1v) is 4.04. The van der Waals surface area contributed by atoms with Crippen LogP contribution >= 0.6 is 15.9 Å². The fourth-order valence-electron chi connectivity index (χ4n) is 0.867. The van der Waals surface area contributed by atoms with Crippen molar-refractivity contribution >= 4 is 21.6 Å². The molecular formula is C8H9BrFN. The molecule has 1 nitrogen and oxygen atoms in total. The van der Waals surface area contributed by atoms with Crippen LogP contribution in [0.1, 0.15) is 11.1 Å². The average molecular weight is 218 g/mol. The highest BCUT2D eigenvalue weighted by Gasteiger charge is 2.07. The number of nitrogen functional groups attached to an aromatic ring is 1. The highest BCUT2D eigenvalue weighted by molar-refractivity contribution is 9.10. The summed E-state index contributed by atoms with van der Waals surface area (Å²) < 4.78 is 13.7. The third kappa shape index (κ3) is 1.38. The Morgan fingerprint density at radius 3 is 2.55 bits per heavy atom. The summed E-state index contributed by atoms with van der Waals surface area (Å²) in [7, 11) is 0. The van der Waals surface area contributed by atoms with E-state index in [1.807, 2.05) is 6.92 Å². The van der Waals surface area contributed by atoms with Crippen molar-refractivity contribution in [3.05, 3.63) is 27.5 Å². The number of benzene rings is 1. The zero-order valence-corrected chi connectivity index (χ0v) is 8.00. The van der Waals surface area contributed by atoms with Crippen LogP contribution in [0.5, 0.6) is 0 Å². The Labute approximate surface area is 73.5 Å². The van der Waals surface area contributed by atoms with E-state index in [0.29, 0.717) is 11.3 Å². The van der Waals surface area contributed by atoms with Crippen molar-refractivity contribution in [2.75, 3.05) is 5.73 Å². The molecule has 1 rings (SSSR count). The summed E-state index contributed by atoms with van der Waals surface area (Å²) >= 11 is 3.27. The Balaban J connectivity index is 3.46. The van der Waals surface area contributed by atoms with Crippen LogP contribution in [0.4, 0.5) is 10.1 Å². The van der Waals surface area contributed by atoms with E-state index < -0.39 is 0 Å². The van der Waals surface area contributed by atoms with Gasteiger partial charge in [0.15, 0.2) is 0 Å². The van der Waals surface area contributed by atoms with Crippen molar-refractivity contribution in [2.24, 2.45) is 0 Å². The van der Waals surface area contributed by atoms with Crippen molar-refractivity contribution in [3.8, 4) is 0 Å². The molecule has 0 aliphatic rings. The molecule has 0 aliphatic heterocycles. The van der Waals surface area contributed by atoms with E-state index in [2.05, 4.69) is 15.9 Å². The van der Waals surface area contributed by atoms with Crippen LogP contribution in [0, 0.1) is 19.7 Å². The maximum absolute atomic E-state index is 12.9. The van der Waals surface area contributed by atoms with Crippen LogP contribution in [-0.2, 0) is 0 Å². The van der Waals surface area contributed by atoms with Gasteiger partial charge in [0.25, 0.3) is 0 Å². The summed E-state index contributed by atoms with van der Waals surface area (Å²) in [6.45, 7) is 3.47. The SMILES string of the molecule is Cc1cc(F)c(C)c(N)c1Br. The summed E-state index contributed by atoms with van der Waals surface area (Å²) in [6, 6.07) is 1.47. The van der Waals surface area contributed by atoms with E-state index in [-0.39, 0.29) is 5.82 Å². The van der Waals surface area contributed by atoms with Crippen molar-refractivity contribution < 1.29 is 4.39 Å². The van der Waals surface area contributed by atoms with Gasteiger partial charge in [-0.05, 0) is 41.4 Å². The maximum atomic E-state index is 12.9. The highest BCUT2D eigenvalue weighted by Crippen LogP contribution is 2.28. The lowest BCUT2D eigenvalue weighted by atomic mass is 10.1. The van der Waals surface area contributed by atoms with Crippen LogP contribution in [0.2, 0.25) is 0 Å². The molecule has 0 saturated carbocycles. The molecule has 0 heterocycles. The smallest absolute Gasteiger partial charge is 0.128 e. The number of anilines is 1. The minimum Gasteiger partial charge on any atom is -0.398 e. The van der Waals surface area contributed by atoms with Gasteiger partial charge in [-0.3, -0.25) is 0 Å². The second-order valence-corrected chi connectivity index (χ2v) is 3.32. The molecule has 2 N–H and O–H groups in total. The lowest BCUT2D eigenvalue weighted by Crippen LogP contribution is -1.96. The number of rotatable bonds is 0. The summed E-state index contributed by atoms with van der Waals surface area (Å²) in [5.74, 6) is -0.247. The first-order chi connectivity index (χ1) is 5.04. The average Bonchev–Trinajstić information content (AvgIpc) is 1.97. The Hall–Kier alpha value is -0.570. The second-order valence-electron chi connectivity index (χ2n) is 2.53. The van der Waals surface area contributed by atoms with Crippen molar-refractivity contribution in [1.29, 1.82) is 0 Å². The Bertz CT molecular complexity index is 270. The zero-order valence-electron chi connectivity index (χ0n) is 6.41. The van der Waals surface area contributed by atoms with Gasteiger partial charge >= 0.3 is 0 Å². The fourth-order valence-corrected chi connectivity index (χ4v) is 1.28. The quantitative estimate of drug-likeness (QED) is 0.665. The zero-order chi connectivity index (χ0) is 8.59. The van der Waals surface area contributed by atoms with Crippen molar-refractivity contribution in [2.45, 2.75) is 13.8 Å². The first kappa shape index (κ1) is 8.53. The molecule has 0 amide bonds. The molecule has 3 heteroatoms. The Morgan fingerprint density at radius 1 is 1.45 bits per heavy atom. The number of nitrogens with two attached hydrogens (primary N) is 1. The molecule has 0 bridgehead atoms. The molecule has 0 aromatic heterocycles. The Morgan fingerprint density at radius 2 is 2.00 bits per heavy atom. The van der Waals surface area contributed by atoms with Crippen LogP contribution in [0.15, 0.2) is 10.5 Å². The highest BCUT2D eigenvalue weighted by atomic mass is 79.9. The van der Waals surface area contributed by atoms with Crippen LogP contribution < -0.4 is 5.73 Å².